The van der Waals surface area contributed by atoms with Crippen LogP contribution in [0.2, 0.25) is 0 Å². The van der Waals surface area contributed by atoms with Crippen LogP contribution < -0.4 is 4.74 Å². The third kappa shape index (κ3) is 3.05. The second-order valence-electron chi connectivity index (χ2n) is 2.94. The van der Waals surface area contributed by atoms with Gasteiger partial charge in [-0.1, -0.05) is 0 Å². The van der Waals surface area contributed by atoms with Gasteiger partial charge in [0, 0.05) is 5.56 Å². The van der Waals surface area contributed by atoms with Crippen molar-refractivity contribution < 1.29 is 36.2 Å². The zero-order valence-corrected chi connectivity index (χ0v) is 8.85. The molecular formula is C9H6F5NO3. The van der Waals surface area contributed by atoms with E-state index in [1.807, 2.05) is 0 Å². The molecule has 0 N–H and O–H groups in total. The number of alkyl halides is 4. The molecule has 0 aliphatic rings. The van der Waals surface area contributed by atoms with Gasteiger partial charge < -0.3 is 9.47 Å². The van der Waals surface area contributed by atoms with Crippen molar-refractivity contribution in [2.75, 3.05) is 7.11 Å². The summed E-state index contributed by atoms with van der Waals surface area (Å²) in [5.41, 5.74) is -1.94. The Labute approximate surface area is 97.3 Å². The molecule has 100 valence electrons. The van der Waals surface area contributed by atoms with Gasteiger partial charge in [0.2, 0.25) is 5.88 Å². The zero-order valence-electron chi connectivity index (χ0n) is 8.85. The van der Waals surface area contributed by atoms with E-state index in [1.165, 1.54) is 0 Å². The van der Waals surface area contributed by atoms with Gasteiger partial charge >= 0.3 is 12.3 Å². The van der Waals surface area contributed by atoms with Crippen LogP contribution >= 0.6 is 0 Å². The minimum Gasteiger partial charge on any atom is -0.465 e. The molecule has 0 atom stereocenters. The molecule has 0 aliphatic carbocycles. The second kappa shape index (κ2) is 5.15. The number of ether oxygens (including phenoxy) is 2. The van der Waals surface area contributed by atoms with Crippen LogP contribution in [-0.4, -0.2) is 24.4 Å². The van der Waals surface area contributed by atoms with Gasteiger partial charge in [0.05, 0.1) is 13.3 Å². The predicted molar refractivity (Wildman–Crippen MR) is 47.0 cm³/mol. The summed E-state index contributed by atoms with van der Waals surface area (Å²) in [6.07, 6.45) is -4.83. The highest BCUT2D eigenvalue weighted by atomic mass is 19.4. The highest BCUT2D eigenvalue weighted by Crippen LogP contribution is 2.28. The molecule has 0 saturated heterocycles. The summed E-state index contributed by atoms with van der Waals surface area (Å²) in [5, 5.41) is 0. The lowest BCUT2D eigenvalue weighted by Gasteiger charge is -2.13. The Hall–Kier alpha value is -1.93. The molecule has 4 nitrogen and oxygen atoms in total. The Morgan fingerprint density at radius 1 is 1.44 bits per heavy atom. The van der Waals surface area contributed by atoms with Crippen LogP contribution in [0.25, 0.3) is 0 Å². The Balaban J connectivity index is 3.38. The standard InChI is InChI=1S/C9H6F5NO3/c1-17-8(16)6-4(2-10)5(11)3-15-7(6)18-9(12,13)14/h3H,2H2,1H3. The van der Waals surface area contributed by atoms with Crippen molar-refractivity contribution in [1.82, 2.24) is 4.98 Å². The summed E-state index contributed by atoms with van der Waals surface area (Å²) in [4.78, 5) is 14.2. The number of carbonyl (C=O) groups is 1. The van der Waals surface area contributed by atoms with E-state index in [2.05, 4.69) is 14.5 Å². The number of nitrogens with zero attached hydrogens (tertiary/aromatic N) is 1. The summed E-state index contributed by atoms with van der Waals surface area (Å²) in [7, 11) is 0.840. The first-order valence-electron chi connectivity index (χ1n) is 4.37. The predicted octanol–water partition coefficient (Wildman–Crippen LogP) is 2.38. The van der Waals surface area contributed by atoms with E-state index in [-0.39, 0.29) is 0 Å². The van der Waals surface area contributed by atoms with Crippen molar-refractivity contribution in [3.63, 3.8) is 0 Å². The Kier molecular flexibility index (Phi) is 4.04. The average molecular weight is 271 g/mol. The maximum atomic E-state index is 13.1. The lowest BCUT2D eigenvalue weighted by molar-refractivity contribution is -0.276. The fourth-order valence-electron chi connectivity index (χ4n) is 1.14. The number of carbonyl (C=O) groups excluding carboxylic acids is 1. The fourth-order valence-corrected chi connectivity index (χ4v) is 1.14. The second-order valence-corrected chi connectivity index (χ2v) is 2.94. The number of methoxy groups -OCH3 is 1. The molecule has 18 heavy (non-hydrogen) atoms. The molecule has 0 aliphatic heterocycles. The van der Waals surface area contributed by atoms with E-state index in [0.29, 0.717) is 6.20 Å². The Morgan fingerprint density at radius 2 is 2.06 bits per heavy atom. The topological polar surface area (TPSA) is 48.4 Å². The molecule has 1 rings (SSSR count). The summed E-state index contributed by atoms with van der Waals surface area (Å²) < 4.78 is 69.3. The number of esters is 1. The normalized spacial score (nSPS) is 11.2. The first-order valence-corrected chi connectivity index (χ1v) is 4.37. The van der Waals surface area contributed by atoms with E-state index in [9.17, 15) is 26.7 Å². The van der Waals surface area contributed by atoms with Gasteiger partial charge in [0.1, 0.15) is 18.1 Å². The van der Waals surface area contributed by atoms with E-state index >= 15 is 0 Å². The third-order valence-electron chi connectivity index (χ3n) is 1.83. The molecule has 0 saturated carbocycles. The van der Waals surface area contributed by atoms with Crippen LogP contribution in [0.5, 0.6) is 5.88 Å². The molecule has 1 aromatic rings. The van der Waals surface area contributed by atoms with Gasteiger partial charge in [0.15, 0.2) is 0 Å². The van der Waals surface area contributed by atoms with Crippen LogP contribution in [0.3, 0.4) is 0 Å². The van der Waals surface area contributed by atoms with Crippen molar-refractivity contribution in [3.8, 4) is 5.88 Å². The van der Waals surface area contributed by atoms with E-state index in [1.54, 1.807) is 0 Å². The van der Waals surface area contributed by atoms with Gasteiger partial charge in [0.25, 0.3) is 0 Å². The monoisotopic (exact) mass is 271 g/mol. The molecule has 1 heterocycles. The highest BCUT2D eigenvalue weighted by molar-refractivity contribution is 5.93. The molecule has 0 aromatic carbocycles. The quantitative estimate of drug-likeness (QED) is 0.625. The maximum Gasteiger partial charge on any atom is 0.574 e. The van der Waals surface area contributed by atoms with Crippen molar-refractivity contribution in [3.05, 3.63) is 23.1 Å². The summed E-state index contributed by atoms with van der Waals surface area (Å²) in [6, 6.07) is 0. The average Bonchev–Trinajstić information content (AvgIpc) is 2.28. The molecule has 0 fully saturated rings. The van der Waals surface area contributed by atoms with Crippen LogP contribution in [0.4, 0.5) is 22.0 Å². The van der Waals surface area contributed by atoms with Crippen molar-refractivity contribution in [2.45, 2.75) is 13.0 Å². The highest BCUT2D eigenvalue weighted by Gasteiger charge is 2.35. The number of aromatic nitrogens is 1. The molecule has 0 radical (unpaired) electrons. The fraction of sp³-hybridized carbons (Fsp3) is 0.333. The van der Waals surface area contributed by atoms with Gasteiger partial charge in [-0.05, 0) is 0 Å². The number of hydrogen-bond donors (Lipinski definition) is 0. The van der Waals surface area contributed by atoms with Gasteiger partial charge in [-0.3, -0.25) is 0 Å². The minimum atomic E-state index is -5.15. The van der Waals surface area contributed by atoms with Crippen molar-refractivity contribution in [1.29, 1.82) is 0 Å². The SMILES string of the molecule is COC(=O)c1c(OC(F)(F)F)ncc(F)c1CF. The smallest absolute Gasteiger partial charge is 0.465 e. The molecule has 0 unspecified atom stereocenters. The van der Waals surface area contributed by atoms with Gasteiger partial charge in [-0.25, -0.2) is 18.6 Å². The van der Waals surface area contributed by atoms with Crippen LogP contribution in [0, 0.1) is 5.82 Å². The van der Waals surface area contributed by atoms with Crippen LogP contribution in [0.1, 0.15) is 15.9 Å². The molecule has 0 bridgehead atoms. The zero-order chi connectivity index (χ0) is 13.9. The third-order valence-corrected chi connectivity index (χ3v) is 1.83. The summed E-state index contributed by atoms with van der Waals surface area (Å²) >= 11 is 0. The van der Waals surface area contributed by atoms with E-state index in [0.717, 1.165) is 7.11 Å². The number of pyridine rings is 1. The van der Waals surface area contributed by atoms with Gasteiger partial charge in [-0.15, -0.1) is 13.2 Å². The Morgan fingerprint density at radius 3 is 2.50 bits per heavy atom. The number of rotatable bonds is 3. The first-order chi connectivity index (χ1) is 8.30. The van der Waals surface area contributed by atoms with Crippen LogP contribution in [-0.2, 0) is 11.4 Å². The minimum absolute atomic E-state index is 0.322. The number of halogens is 5. The molecule has 0 spiro atoms. The molecular weight excluding hydrogens is 265 g/mol. The number of hydrogen-bond acceptors (Lipinski definition) is 4. The van der Waals surface area contributed by atoms with Crippen molar-refractivity contribution >= 4 is 5.97 Å². The molecule has 1 aromatic heterocycles. The van der Waals surface area contributed by atoms with Crippen molar-refractivity contribution in [2.24, 2.45) is 0 Å². The maximum absolute atomic E-state index is 13.1. The van der Waals surface area contributed by atoms with E-state index < -0.39 is 41.8 Å². The summed E-state index contributed by atoms with van der Waals surface area (Å²) in [6.45, 7) is -1.51. The van der Waals surface area contributed by atoms with Crippen LogP contribution in [0.15, 0.2) is 6.20 Å². The first kappa shape index (κ1) is 14.1. The molecule has 0 amide bonds. The van der Waals surface area contributed by atoms with E-state index in [4.69, 9.17) is 0 Å². The Bertz CT molecular complexity index is 460. The largest absolute Gasteiger partial charge is 0.574 e. The lowest BCUT2D eigenvalue weighted by Crippen LogP contribution is -2.21. The lowest BCUT2D eigenvalue weighted by atomic mass is 10.1. The molecule has 9 heteroatoms. The summed E-state index contributed by atoms with van der Waals surface area (Å²) in [5.74, 6) is -3.91. The van der Waals surface area contributed by atoms with Gasteiger partial charge in [-0.2, -0.15) is 0 Å².